The van der Waals surface area contributed by atoms with Crippen molar-refractivity contribution in [3.8, 4) is 5.75 Å². The normalized spacial score (nSPS) is 18.7. The maximum atomic E-state index is 13.3. The number of hydrogen-bond acceptors (Lipinski definition) is 5. The lowest BCUT2D eigenvalue weighted by Gasteiger charge is -2.49. The molecule has 140 valence electrons. The molecular weight excluding hydrogens is 332 g/mol. The number of fused-ring (bicyclic) bond motifs is 1. The molecule has 2 aliphatic heterocycles. The van der Waals surface area contributed by atoms with Gasteiger partial charge in [-0.25, -0.2) is 4.79 Å². The molecule has 1 aromatic carbocycles. The van der Waals surface area contributed by atoms with Crippen LogP contribution in [0.2, 0.25) is 0 Å². The van der Waals surface area contributed by atoms with Gasteiger partial charge in [0.15, 0.2) is 5.72 Å². The first kappa shape index (κ1) is 18.5. The molecule has 0 atom stereocenters. The van der Waals surface area contributed by atoms with Gasteiger partial charge in [-0.15, -0.1) is 0 Å². The summed E-state index contributed by atoms with van der Waals surface area (Å²) in [5.41, 5.74) is 0.772. The van der Waals surface area contributed by atoms with Gasteiger partial charge in [-0.3, -0.25) is 4.79 Å². The lowest BCUT2D eigenvalue weighted by molar-refractivity contribution is -0.134. The Kier molecular flexibility index (Phi) is 5.61. The monoisotopic (exact) mass is 358 g/mol. The third kappa shape index (κ3) is 3.60. The van der Waals surface area contributed by atoms with Crippen molar-refractivity contribution in [2.75, 3.05) is 26.7 Å². The van der Waals surface area contributed by atoms with Gasteiger partial charge in [-0.1, -0.05) is 19.4 Å². The highest BCUT2D eigenvalue weighted by atomic mass is 16.5. The van der Waals surface area contributed by atoms with Gasteiger partial charge in [0.1, 0.15) is 5.75 Å². The van der Waals surface area contributed by atoms with E-state index in [2.05, 4.69) is 17.0 Å². The molecule has 0 radical (unpaired) electrons. The zero-order chi connectivity index (χ0) is 18.6. The van der Waals surface area contributed by atoms with Crippen molar-refractivity contribution < 1.29 is 19.1 Å². The molecule has 0 aliphatic carbocycles. The fourth-order valence-electron chi connectivity index (χ4n) is 3.54. The highest BCUT2D eigenvalue weighted by Gasteiger charge is 2.47. The lowest BCUT2D eigenvalue weighted by Crippen LogP contribution is -2.62. The number of nitrogens with zero attached hydrogens (tertiary/aromatic N) is 1. The van der Waals surface area contributed by atoms with E-state index in [0.717, 1.165) is 44.3 Å². The number of ether oxygens (including phenoxy) is 2. The van der Waals surface area contributed by atoms with Crippen molar-refractivity contribution in [2.45, 2.75) is 38.3 Å². The topological polar surface area (TPSA) is 67.9 Å². The summed E-state index contributed by atoms with van der Waals surface area (Å²) in [5.74, 6) is 0.207. The van der Waals surface area contributed by atoms with E-state index in [9.17, 15) is 9.59 Å². The van der Waals surface area contributed by atoms with Gasteiger partial charge >= 0.3 is 5.97 Å². The maximum absolute atomic E-state index is 13.3. The summed E-state index contributed by atoms with van der Waals surface area (Å²) in [7, 11) is 1.33. The molecular formula is C20H26N2O4. The fraction of sp³-hybridized carbons (Fsp3) is 0.500. The number of carbonyl (C=O) groups is 2. The van der Waals surface area contributed by atoms with Gasteiger partial charge in [0.25, 0.3) is 5.91 Å². The Balaban J connectivity index is 1.93. The first-order valence-corrected chi connectivity index (χ1v) is 9.21. The minimum Gasteiger partial charge on any atom is -0.467 e. The summed E-state index contributed by atoms with van der Waals surface area (Å²) >= 11 is 0. The minimum atomic E-state index is -0.548. The van der Waals surface area contributed by atoms with Crippen LogP contribution in [-0.2, 0) is 9.53 Å². The molecule has 0 aromatic heterocycles. The fourth-order valence-corrected chi connectivity index (χ4v) is 3.54. The van der Waals surface area contributed by atoms with Crippen LogP contribution in [0.25, 0.3) is 6.08 Å². The molecule has 26 heavy (non-hydrogen) atoms. The second-order valence-electron chi connectivity index (χ2n) is 6.72. The molecule has 1 N–H and O–H groups in total. The van der Waals surface area contributed by atoms with Crippen LogP contribution in [0.3, 0.4) is 0 Å². The van der Waals surface area contributed by atoms with Gasteiger partial charge in [-0.2, -0.15) is 0 Å². The molecule has 2 aliphatic rings. The molecule has 1 amide bonds. The summed E-state index contributed by atoms with van der Waals surface area (Å²) in [5, 5.41) is 3.34. The van der Waals surface area contributed by atoms with E-state index in [1.165, 1.54) is 13.2 Å². The van der Waals surface area contributed by atoms with Crippen molar-refractivity contribution in [2.24, 2.45) is 0 Å². The highest BCUT2D eigenvalue weighted by Crippen LogP contribution is 2.39. The van der Waals surface area contributed by atoms with Gasteiger partial charge in [0.05, 0.1) is 12.7 Å². The third-order valence-electron chi connectivity index (χ3n) is 5.00. The van der Waals surface area contributed by atoms with Crippen LogP contribution in [0.1, 0.15) is 48.5 Å². The number of hydrogen-bond donors (Lipinski definition) is 1. The number of carbonyl (C=O) groups excluding carboxylic acids is 2. The quantitative estimate of drug-likeness (QED) is 0.647. The van der Waals surface area contributed by atoms with Crippen LogP contribution in [0.15, 0.2) is 24.3 Å². The molecule has 1 fully saturated rings. The van der Waals surface area contributed by atoms with Gasteiger partial charge in [0, 0.05) is 38.6 Å². The van der Waals surface area contributed by atoms with Crippen LogP contribution in [-0.4, -0.2) is 49.2 Å². The minimum absolute atomic E-state index is 0.00918. The van der Waals surface area contributed by atoms with Crippen LogP contribution >= 0.6 is 0 Å². The molecule has 6 nitrogen and oxygen atoms in total. The summed E-state index contributed by atoms with van der Waals surface area (Å²) < 4.78 is 11.0. The van der Waals surface area contributed by atoms with Crippen LogP contribution < -0.4 is 10.1 Å². The van der Waals surface area contributed by atoms with E-state index in [1.54, 1.807) is 12.1 Å². The average Bonchev–Trinajstić information content (AvgIpc) is 2.67. The third-order valence-corrected chi connectivity index (χ3v) is 5.00. The summed E-state index contributed by atoms with van der Waals surface area (Å²) in [6.45, 7) is 4.49. The van der Waals surface area contributed by atoms with E-state index in [4.69, 9.17) is 4.74 Å². The molecule has 0 unspecified atom stereocenters. The zero-order valence-electron chi connectivity index (χ0n) is 15.4. The summed E-state index contributed by atoms with van der Waals surface area (Å²) in [4.78, 5) is 26.5. The van der Waals surface area contributed by atoms with Crippen molar-refractivity contribution in [1.82, 2.24) is 10.2 Å². The second-order valence-corrected chi connectivity index (χ2v) is 6.72. The Morgan fingerprint density at radius 1 is 1.38 bits per heavy atom. The first-order chi connectivity index (χ1) is 12.6. The number of methoxy groups -OCH3 is 1. The predicted octanol–water partition coefficient (Wildman–Crippen LogP) is 2.59. The van der Waals surface area contributed by atoms with Crippen molar-refractivity contribution in [3.63, 3.8) is 0 Å². The van der Waals surface area contributed by atoms with E-state index in [0.29, 0.717) is 17.9 Å². The molecule has 0 bridgehead atoms. The van der Waals surface area contributed by atoms with E-state index < -0.39 is 11.7 Å². The highest BCUT2D eigenvalue weighted by molar-refractivity contribution is 5.99. The van der Waals surface area contributed by atoms with Crippen LogP contribution in [0, 0.1) is 0 Å². The number of esters is 1. The molecule has 1 saturated heterocycles. The van der Waals surface area contributed by atoms with Crippen molar-refractivity contribution >= 4 is 18.0 Å². The van der Waals surface area contributed by atoms with Crippen LogP contribution in [0.4, 0.5) is 0 Å². The summed E-state index contributed by atoms with van der Waals surface area (Å²) in [6, 6.07) is 5.46. The Bertz CT molecular complexity index is 708. The standard InChI is InChI=1S/C20H26N2O4/c1-3-4-13-22-19(24)16-14-15(6-8-18(23)25-2)5-7-17(16)26-20(22)9-11-21-12-10-20/h5-8,14,21H,3-4,9-13H2,1-2H3/b8-6+. The van der Waals surface area contributed by atoms with E-state index in [1.807, 2.05) is 17.0 Å². The number of rotatable bonds is 5. The number of nitrogens with one attached hydrogen (secondary N) is 1. The molecule has 1 aromatic rings. The molecule has 0 saturated carbocycles. The van der Waals surface area contributed by atoms with Gasteiger partial charge < -0.3 is 19.7 Å². The number of benzene rings is 1. The van der Waals surface area contributed by atoms with Gasteiger partial charge in [0.2, 0.25) is 0 Å². The Hall–Kier alpha value is -2.34. The van der Waals surface area contributed by atoms with Crippen LogP contribution in [0.5, 0.6) is 5.75 Å². The van der Waals surface area contributed by atoms with Gasteiger partial charge in [-0.05, 0) is 30.2 Å². The number of piperidine rings is 1. The average molecular weight is 358 g/mol. The molecule has 3 rings (SSSR count). The SMILES string of the molecule is CCCCN1C(=O)c2cc(/C=C/C(=O)OC)ccc2OC12CCNCC2. The van der Waals surface area contributed by atoms with E-state index >= 15 is 0 Å². The first-order valence-electron chi connectivity index (χ1n) is 9.21. The smallest absolute Gasteiger partial charge is 0.330 e. The Morgan fingerprint density at radius 2 is 2.15 bits per heavy atom. The second kappa shape index (κ2) is 7.91. The summed E-state index contributed by atoms with van der Waals surface area (Å²) in [6.07, 6.45) is 6.52. The Morgan fingerprint density at radius 3 is 2.85 bits per heavy atom. The van der Waals surface area contributed by atoms with Crippen molar-refractivity contribution in [3.05, 3.63) is 35.4 Å². The molecule has 2 heterocycles. The zero-order valence-corrected chi connectivity index (χ0v) is 15.4. The predicted molar refractivity (Wildman–Crippen MR) is 98.9 cm³/mol. The number of amides is 1. The lowest BCUT2D eigenvalue weighted by atomic mass is 9.94. The number of unbranched alkanes of at least 4 members (excludes halogenated alkanes) is 1. The molecule has 6 heteroatoms. The van der Waals surface area contributed by atoms with E-state index in [-0.39, 0.29) is 5.91 Å². The maximum Gasteiger partial charge on any atom is 0.330 e. The molecule has 1 spiro atoms. The Labute approximate surface area is 154 Å². The largest absolute Gasteiger partial charge is 0.467 e. The van der Waals surface area contributed by atoms with Crippen molar-refractivity contribution in [1.29, 1.82) is 0 Å².